The van der Waals surface area contributed by atoms with Crippen LogP contribution in [-0.2, 0) is 6.42 Å². The van der Waals surface area contributed by atoms with E-state index in [9.17, 15) is 18.0 Å². The lowest BCUT2D eigenvalue weighted by atomic mass is 9.97. The fourth-order valence-corrected chi connectivity index (χ4v) is 4.24. The van der Waals surface area contributed by atoms with Crippen molar-refractivity contribution in [1.82, 2.24) is 24.9 Å². The van der Waals surface area contributed by atoms with Gasteiger partial charge in [-0.25, -0.2) is 15.8 Å². The smallest absolute Gasteiger partial charge is 0.418 e. The van der Waals surface area contributed by atoms with Crippen LogP contribution in [0.4, 0.5) is 13.2 Å². The third kappa shape index (κ3) is 3.62. The number of hydrazine groups is 1. The lowest BCUT2D eigenvalue weighted by molar-refractivity contribution is -0.0913. The quantitative estimate of drug-likeness (QED) is 0.697. The number of fused-ring (bicyclic) bond motifs is 1. The maximum Gasteiger partial charge on any atom is 0.418 e. The van der Waals surface area contributed by atoms with Gasteiger partial charge in [0.2, 0.25) is 5.76 Å². The van der Waals surface area contributed by atoms with Crippen molar-refractivity contribution in [1.29, 1.82) is 0 Å². The van der Waals surface area contributed by atoms with Gasteiger partial charge in [0, 0.05) is 30.8 Å². The zero-order valence-electron chi connectivity index (χ0n) is 17.0. The number of carbonyl (C=O) groups is 1. The van der Waals surface area contributed by atoms with Crippen molar-refractivity contribution in [2.75, 3.05) is 6.54 Å². The third-order valence-electron chi connectivity index (χ3n) is 5.96. The Labute approximate surface area is 181 Å². The second-order valence-electron chi connectivity index (χ2n) is 8.02. The fraction of sp³-hybridized carbons (Fsp3) is 0.381. The summed E-state index contributed by atoms with van der Waals surface area (Å²) in [5.74, 6) is 5.88. The van der Waals surface area contributed by atoms with Gasteiger partial charge in [-0.05, 0) is 31.4 Å². The number of alkyl halides is 3. The predicted octanol–water partition coefficient (Wildman–Crippen LogP) is 3.48. The summed E-state index contributed by atoms with van der Waals surface area (Å²) in [6, 6.07) is -0.573. The highest BCUT2D eigenvalue weighted by Crippen LogP contribution is 2.42. The molecule has 4 heterocycles. The van der Waals surface area contributed by atoms with Gasteiger partial charge in [-0.1, -0.05) is 6.08 Å². The van der Waals surface area contributed by atoms with Gasteiger partial charge in [-0.2, -0.15) is 13.2 Å². The summed E-state index contributed by atoms with van der Waals surface area (Å²) in [5, 5.41) is 0.935. The molecule has 1 fully saturated rings. The molecule has 0 saturated heterocycles. The summed E-state index contributed by atoms with van der Waals surface area (Å²) in [5.41, 5.74) is 1.12. The molecule has 11 heteroatoms. The number of aromatic amines is 1. The van der Waals surface area contributed by atoms with Crippen molar-refractivity contribution in [2.45, 2.75) is 43.8 Å². The number of imidazole rings is 1. The molecule has 1 amide bonds. The van der Waals surface area contributed by atoms with Crippen molar-refractivity contribution < 1.29 is 22.4 Å². The molecule has 1 saturated carbocycles. The van der Waals surface area contributed by atoms with Crippen LogP contribution in [0.15, 0.2) is 52.8 Å². The number of halogens is 3. The minimum atomic E-state index is -4.56. The van der Waals surface area contributed by atoms with E-state index >= 15 is 0 Å². The molecule has 1 aliphatic carbocycles. The highest BCUT2D eigenvalue weighted by atomic mass is 19.4. The van der Waals surface area contributed by atoms with Crippen LogP contribution >= 0.6 is 0 Å². The lowest BCUT2D eigenvalue weighted by Gasteiger charge is -2.34. The number of rotatable bonds is 4. The number of nitrogens with zero attached hydrogens (tertiary/aromatic N) is 4. The van der Waals surface area contributed by atoms with E-state index in [2.05, 4.69) is 15.0 Å². The van der Waals surface area contributed by atoms with Gasteiger partial charge < -0.3 is 14.3 Å². The number of amides is 1. The normalized spacial score (nSPS) is 22.3. The van der Waals surface area contributed by atoms with E-state index in [1.807, 2.05) is 0 Å². The van der Waals surface area contributed by atoms with E-state index in [4.69, 9.17) is 10.3 Å². The van der Waals surface area contributed by atoms with E-state index in [-0.39, 0.29) is 29.7 Å². The van der Waals surface area contributed by atoms with Gasteiger partial charge in [0.1, 0.15) is 0 Å². The molecule has 3 aliphatic rings. The Morgan fingerprint density at radius 2 is 2.12 bits per heavy atom. The first kappa shape index (κ1) is 20.6. The van der Waals surface area contributed by atoms with Gasteiger partial charge in [0.15, 0.2) is 6.39 Å². The zero-order valence-corrected chi connectivity index (χ0v) is 17.0. The largest absolute Gasteiger partial charge is 0.438 e. The molecule has 8 nitrogen and oxygen atoms in total. The van der Waals surface area contributed by atoms with Crippen LogP contribution in [0.1, 0.15) is 58.9 Å². The predicted molar refractivity (Wildman–Crippen MR) is 107 cm³/mol. The summed E-state index contributed by atoms with van der Waals surface area (Å²) < 4.78 is 46.0. The highest BCUT2D eigenvalue weighted by Gasteiger charge is 2.40. The summed E-state index contributed by atoms with van der Waals surface area (Å²) in [4.78, 5) is 26.6. The number of hydrogen-bond donors (Lipinski definition) is 2. The first-order valence-electron chi connectivity index (χ1n) is 10.3. The minimum Gasteiger partial charge on any atom is -0.438 e. The molecule has 2 aromatic heterocycles. The molecular formula is C21H21F3N6O2. The molecule has 5 rings (SSSR count). The number of nitrogens with two attached hydrogens (primary N) is 1. The Hall–Kier alpha value is -3.34. The number of H-pyrrole nitrogens is 1. The lowest BCUT2D eigenvalue weighted by Crippen LogP contribution is -2.40. The Bertz CT molecular complexity index is 1120. The maximum absolute atomic E-state index is 13.5. The van der Waals surface area contributed by atoms with Crippen LogP contribution in [0.25, 0.3) is 0 Å². The van der Waals surface area contributed by atoms with Gasteiger partial charge >= 0.3 is 6.18 Å². The molecular weight excluding hydrogens is 425 g/mol. The number of nitrogens with one attached hydrogen (secondary N) is 1. The molecule has 1 atom stereocenters. The molecule has 2 aliphatic heterocycles. The molecule has 168 valence electrons. The zero-order chi connectivity index (χ0) is 22.5. The Morgan fingerprint density at radius 3 is 2.88 bits per heavy atom. The second kappa shape index (κ2) is 7.66. The summed E-state index contributed by atoms with van der Waals surface area (Å²) in [6.45, 7) is 0.376. The summed E-state index contributed by atoms with van der Waals surface area (Å²) in [6.07, 6.45) is 5.78. The van der Waals surface area contributed by atoms with Crippen LogP contribution < -0.4 is 5.84 Å². The van der Waals surface area contributed by atoms with E-state index in [1.165, 1.54) is 31.1 Å². The van der Waals surface area contributed by atoms with Gasteiger partial charge in [0.25, 0.3) is 5.91 Å². The van der Waals surface area contributed by atoms with Crippen LogP contribution in [0.2, 0.25) is 0 Å². The molecule has 32 heavy (non-hydrogen) atoms. The Balaban J connectivity index is 1.47. The van der Waals surface area contributed by atoms with Crippen molar-refractivity contribution in [3.05, 3.63) is 71.3 Å². The van der Waals surface area contributed by atoms with Gasteiger partial charge in [-0.15, -0.1) is 0 Å². The Morgan fingerprint density at radius 1 is 1.31 bits per heavy atom. The number of aromatic nitrogens is 3. The average Bonchev–Trinajstić information content (AvgIpc) is 3.28. The fourth-order valence-electron chi connectivity index (χ4n) is 4.24. The average molecular weight is 446 g/mol. The summed E-state index contributed by atoms with van der Waals surface area (Å²) in [7, 11) is 0. The number of carbonyl (C=O) groups excluding carboxylic acids is 1. The first-order chi connectivity index (χ1) is 15.3. The molecule has 2 aromatic rings. The van der Waals surface area contributed by atoms with E-state index in [0.29, 0.717) is 24.4 Å². The molecule has 0 bridgehead atoms. The van der Waals surface area contributed by atoms with E-state index in [0.717, 1.165) is 29.6 Å². The van der Waals surface area contributed by atoms with Gasteiger partial charge in [0.05, 0.1) is 35.0 Å². The van der Waals surface area contributed by atoms with Crippen molar-refractivity contribution in [3.8, 4) is 0 Å². The monoisotopic (exact) mass is 446 g/mol. The SMILES string of the molecule is NN1C=CC=C(C(F)(F)F)/C1=C/C[C@H]1c2nc[nH]c2CCN1C(=O)c1ocnc1C1CC1. The molecule has 0 unspecified atom stereocenters. The van der Waals surface area contributed by atoms with Crippen LogP contribution in [0, 0.1) is 0 Å². The van der Waals surface area contributed by atoms with Crippen LogP contribution in [0.5, 0.6) is 0 Å². The molecule has 0 radical (unpaired) electrons. The molecule has 0 aromatic carbocycles. The summed E-state index contributed by atoms with van der Waals surface area (Å²) >= 11 is 0. The molecule has 0 spiro atoms. The topological polar surface area (TPSA) is 104 Å². The standard InChI is InChI=1S/C21H21F3N6O2/c22-21(23,24)13-2-1-8-30(25)15(13)5-6-16-18-14(26-10-27-18)7-9-29(16)20(31)19-17(12-3-4-12)28-11-32-19/h1-2,5,8,10-12,16H,3-4,6-7,9,25H2,(H,26,27)/b15-5-/t16-/m0/s1. The van der Waals surface area contributed by atoms with Crippen molar-refractivity contribution in [2.24, 2.45) is 5.84 Å². The third-order valence-corrected chi connectivity index (χ3v) is 5.96. The van der Waals surface area contributed by atoms with Gasteiger partial charge in [-0.3, -0.25) is 9.80 Å². The van der Waals surface area contributed by atoms with Crippen molar-refractivity contribution >= 4 is 5.91 Å². The first-order valence-corrected chi connectivity index (χ1v) is 10.3. The highest BCUT2D eigenvalue weighted by molar-refractivity contribution is 5.93. The number of allylic oxidation sites excluding steroid dienone is 3. The van der Waals surface area contributed by atoms with Crippen LogP contribution in [0.3, 0.4) is 0 Å². The molecule has 3 N–H and O–H groups in total. The number of hydrogen-bond acceptors (Lipinski definition) is 6. The van der Waals surface area contributed by atoms with Crippen molar-refractivity contribution in [3.63, 3.8) is 0 Å². The van der Waals surface area contributed by atoms with E-state index in [1.54, 1.807) is 4.90 Å². The minimum absolute atomic E-state index is 0.0980. The number of oxazole rings is 1. The van der Waals surface area contributed by atoms with Crippen LogP contribution in [-0.4, -0.2) is 43.5 Å². The Kier molecular flexibility index (Phi) is 4.92. The maximum atomic E-state index is 13.5. The second-order valence-corrected chi connectivity index (χ2v) is 8.02. The van der Waals surface area contributed by atoms with E-state index < -0.39 is 17.8 Å².